The molecule has 1 saturated carbocycles. The molecule has 1 rings (SSSR count). The number of carbonyl (C=O) groups excluding carboxylic acids is 2. The van der Waals surface area contributed by atoms with E-state index in [0.717, 1.165) is 5.57 Å². The molecule has 0 aromatic heterocycles. The van der Waals surface area contributed by atoms with Crippen molar-refractivity contribution in [3.63, 3.8) is 0 Å². The number of halogens is 1. The Balaban J connectivity index is 3.08. The standard InChI is InChI=1S/C22H37ClN2O6/c1-12(2)7-8-15(26)14(5)17-19(30-6)16(9-10-22(17,29)11-23)31-21(28)25-18(13(3)4)20(24)27/h7,13,15-19,26,29H,5,8-11H2,1-4,6H3,(H2,24,27)(H,25,28)/t15-,16-,17+,18-,19-,22+/m1/s1. The number of hydrogen-bond acceptors (Lipinski definition) is 6. The predicted molar refractivity (Wildman–Crippen MR) is 120 cm³/mol. The number of alkyl halides is 1. The number of amides is 2. The summed E-state index contributed by atoms with van der Waals surface area (Å²) in [5.74, 6) is -1.74. The number of hydrogen-bond donors (Lipinski definition) is 4. The van der Waals surface area contributed by atoms with E-state index in [1.54, 1.807) is 13.8 Å². The number of alkyl carbamates (subject to hydrolysis) is 1. The van der Waals surface area contributed by atoms with Gasteiger partial charge in [-0.1, -0.05) is 32.1 Å². The molecule has 5 N–H and O–H groups in total. The first-order valence-electron chi connectivity index (χ1n) is 10.5. The zero-order valence-electron chi connectivity index (χ0n) is 19.1. The normalized spacial score (nSPS) is 27.8. The molecular weight excluding hydrogens is 424 g/mol. The van der Waals surface area contributed by atoms with Crippen LogP contribution in [0.4, 0.5) is 4.79 Å². The van der Waals surface area contributed by atoms with Gasteiger partial charge in [-0.3, -0.25) is 4.79 Å². The van der Waals surface area contributed by atoms with Crippen LogP contribution in [0, 0.1) is 11.8 Å². The molecule has 9 heteroatoms. The fraction of sp³-hybridized carbons (Fsp3) is 0.727. The van der Waals surface area contributed by atoms with E-state index in [-0.39, 0.29) is 24.6 Å². The van der Waals surface area contributed by atoms with E-state index in [2.05, 4.69) is 11.9 Å². The lowest BCUT2D eigenvalue weighted by Crippen LogP contribution is -2.58. The van der Waals surface area contributed by atoms with Crippen LogP contribution in [0.3, 0.4) is 0 Å². The number of aliphatic hydroxyl groups excluding tert-OH is 1. The van der Waals surface area contributed by atoms with Crippen molar-refractivity contribution >= 4 is 23.6 Å². The second kappa shape index (κ2) is 11.9. The molecule has 0 bridgehead atoms. The largest absolute Gasteiger partial charge is 0.443 e. The lowest BCUT2D eigenvalue weighted by Gasteiger charge is -2.47. The number of methoxy groups -OCH3 is 1. The molecule has 2 amide bonds. The van der Waals surface area contributed by atoms with Crippen LogP contribution in [0.5, 0.6) is 0 Å². The van der Waals surface area contributed by atoms with E-state index in [0.29, 0.717) is 12.0 Å². The quantitative estimate of drug-likeness (QED) is 0.292. The zero-order valence-corrected chi connectivity index (χ0v) is 19.8. The number of carbonyl (C=O) groups is 2. The highest BCUT2D eigenvalue weighted by molar-refractivity contribution is 6.18. The molecule has 0 saturated heterocycles. The number of nitrogens with two attached hydrogens (primary N) is 1. The van der Waals surface area contributed by atoms with Gasteiger partial charge in [0.25, 0.3) is 0 Å². The van der Waals surface area contributed by atoms with Gasteiger partial charge in [0.1, 0.15) is 18.2 Å². The third-order valence-electron chi connectivity index (χ3n) is 5.72. The number of primary amides is 1. The van der Waals surface area contributed by atoms with Crippen LogP contribution in [-0.4, -0.2) is 65.2 Å². The minimum absolute atomic E-state index is 0.0953. The van der Waals surface area contributed by atoms with Gasteiger partial charge >= 0.3 is 6.09 Å². The summed E-state index contributed by atoms with van der Waals surface area (Å²) in [4.78, 5) is 24.0. The minimum Gasteiger partial charge on any atom is -0.443 e. The fourth-order valence-corrected chi connectivity index (χ4v) is 4.22. The summed E-state index contributed by atoms with van der Waals surface area (Å²) in [5.41, 5.74) is 5.37. The molecule has 0 heterocycles. The Labute approximate surface area is 189 Å². The van der Waals surface area contributed by atoms with Crippen molar-refractivity contribution in [1.82, 2.24) is 5.32 Å². The summed E-state index contributed by atoms with van der Waals surface area (Å²) >= 11 is 6.10. The van der Waals surface area contributed by atoms with Crippen LogP contribution in [0.25, 0.3) is 0 Å². The van der Waals surface area contributed by atoms with E-state index in [1.807, 2.05) is 19.9 Å². The Kier molecular flexibility index (Phi) is 10.5. The van der Waals surface area contributed by atoms with Crippen LogP contribution in [0.15, 0.2) is 23.8 Å². The first kappa shape index (κ1) is 27.4. The lowest BCUT2D eigenvalue weighted by atomic mass is 9.68. The molecule has 8 nitrogen and oxygen atoms in total. The third kappa shape index (κ3) is 7.20. The number of rotatable bonds is 10. The summed E-state index contributed by atoms with van der Waals surface area (Å²) in [7, 11) is 1.43. The smallest absolute Gasteiger partial charge is 0.408 e. The van der Waals surface area contributed by atoms with Gasteiger partial charge in [0.15, 0.2) is 0 Å². The van der Waals surface area contributed by atoms with Gasteiger partial charge in [-0.25, -0.2) is 4.79 Å². The average molecular weight is 461 g/mol. The van der Waals surface area contributed by atoms with Gasteiger partial charge in [0.2, 0.25) is 5.91 Å². The van der Waals surface area contributed by atoms with Gasteiger partial charge in [-0.15, -0.1) is 11.6 Å². The summed E-state index contributed by atoms with van der Waals surface area (Å²) in [6.45, 7) is 11.4. The molecule has 0 unspecified atom stereocenters. The van der Waals surface area contributed by atoms with Gasteiger partial charge in [0, 0.05) is 13.0 Å². The Morgan fingerprint density at radius 2 is 2.00 bits per heavy atom. The molecule has 178 valence electrons. The molecule has 1 fully saturated rings. The Morgan fingerprint density at radius 3 is 2.45 bits per heavy atom. The van der Waals surface area contributed by atoms with Crippen molar-refractivity contribution < 1.29 is 29.3 Å². The minimum atomic E-state index is -1.38. The Morgan fingerprint density at radius 1 is 1.39 bits per heavy atom. The molecule has 0 spiro atoms. The third-order valence-corrected chi connectivity index (χ3v) is 6.18. The summed E-state index contributed by atoms with van der Waals surface area (Å²) in [6.07, 6.45) is -0.571. The van der Waals surface area contributed by atoms with Crippen molar-refractivity contribution in [3.8, 4) is 0 Å². The van der Waals surface area contributed by atoms with E-state index < -0.39 is 47.9 Å². The maximum Gasteiger partial charge on any atom is 0.408 e. The predicted octanol–water partition coefficient (Wildman–Crippen LogP) is 2.26. The maximum absolute atomic E-state index is 12.4. The molecule has 0 aliphatic heterocycles. The Hall–Kier alpha value is -1.61. The van der Waals surface area contributed by atoms with Crippen LogP contribution in [-0.2, 0) is 14.3 Å². The molecule has 31 heavy (non-hydrogen) atoms. The second-order valence-electron chi connectivity index (χ2n) is 8.77. The topological polar surface area (TPSA) is 131 Å². The van der Waals surface area contributed by atoms with Gasteiger partial charge < -0.3 is 30.7 Å². The highest BCUT2D eigenvalue weighted by Crippen LogP contribution is 2.42. The molecule has 0 aromatic rings. The van der Waals surface area contributed by atoms with E-state index in [4.69, 9.17) is 26.8 Å². The van der Waals surface area contributed by atoms with Crippen molar-refractivity contribution in [2.75, 3.05) is 13.0 Å². The van der Waals surface area contributed by atoms with Crippen molar-refractivity contribution in [3.05, 3.63) is 23.8 Å². The second-order valence-corrected chi connectivity index (χ2v) is 9.04. The molecular formula is C22H37ClN2O6. The summed E-state index contributed by atoms with van der Waals surface area (Å²) in [5, 5.41) is 24.3. The molecule has 1 aliphatic rings. The summed E-state index contributed by atoms with van der Waals surface area (Å²) < 4.78 is 11.2. The first-order valence-corrected chi connectivity index (χ1v) is 11.0. The highest BCUT2D eigenvalue weighted by Gasteiger charge is 2.52. The number of ether oxygens (including phenoxy) is 2. The van der Waals surface area contributed by atoms with Crippen LogP contribution >= 0.6 is 11.6 Å². The van der Waals surface area contributed by atoms with Crippen LogP contribution in [0.2, 0.25) is 0 Å². The Bertz CT molecular complexity index is 679. The van der Waals surface area contributed by atoms with E-state index in [1.165, 1.54) is 7.11 Å². The zero-order chi connectivity index (χ0) is 23.9. The monoisotopic (exact) mass is 460 g/mol. The molecule has 0 radical (unpaired) electrons. The highest BCUT2D eigenvalue weighted by atomic mass is 35.5. The SMILES string of the molecule is C=C([C@H](O)CC=C(C)C)[C@H]1[C@H](OC)[C@H](OC(=O)N[C@@H](C(N)=O)C(C)C)CC[C@]1(O)CCl. The maximum atomic E-state index is 12.4. The fourth-order valence-electron chi connectivity index (χ4n) is 3.92. The number of aliphatic hydroxyl groups is 2. The van der Waals surface area contributed by atoms with Crippen molar-refractivity contribution in [2.24, 2.45) is 17.6 Å². The first-order chi connectivity index (χ1) is 14.4. The van der Waals surface area contributed by atoms with Crippen molar-refractivity contribution in [1.29, 1.82) is 0 Å². The number of nitrogens with one attached hydrogen (secondary N) is 1. The molecule has 0 aromatic carbocycles. The summed E-state index contributed by atoms with van der Waals surface area (Å²) in [6, 6.07) is -0.881. The van der Waals surface area contributed by atoms with E-state index in [9.17, 15) is 19.8 Å². The van der Waals surface area contributed by atoms with Gasteiger partial charge in [-0.05, 0) is 44.6 Å². The van der Waals surface area contributed by atoms with E-state index >= 15 is 0 Å². The number of allylic oxidation sites excluding steroid dienone is 1. The van der Waals surface area contributed by atoms with Crippen molar-refractivity contribution in [2.45, 2.75) is 76.9 Å². The lowest BCUT2D eigenvalue weighted by molar-refractivity contribution is -0.143. The van der Waals surface area contributed by atoms with Gasteiger partial charge in [-0.2, -0.15) is 0 Å². The van der Waals surface area contributed by atoms with Gasteiger partial charge in [0.05, 0.1) is 17.6 Å². The van der Waals surface area contributed by atoms with Crippen LogP contribution in [0.1, 0.15) is 47.0 Å². The van der Waals surface area contributed by atoms with Crippen LogP contribution < -0.4 is 11.1 Å². The molecule has 6 atom stereocenters. The average Bonchev–Trinajstić information content (AvgIpc) is 2.70. The molecule has 1 aliphatic carbocycles.